The molecule has 0 radical (unpaired) electrons. The summed E-state index contributed by atoms with van der Waals surface area (Å²) in [4.78, 5) is 23.3. The number of ether oxygens (including phenoxy) is 1. The van der Waals surface area contributed by atoms with Crippen molar-refractivity contribution in [2.24, 2.45) is 16.7 Å². The van der Waals surface area contributed by atoms with E-state index in [1.165, 1.54) is 0 Å². The Balaban J connectivity index is 2.75. The van der Waals surface area contributed by atoms with Gasteiger partial charge in [0.05, 0.1) is 17.9 Å². The molecule has 0 aromatic heterocycles. The highest BCUT2D eigenvalue weighted by atomic mass is 16.5. The van der Waals surface area contributed by atoms with Crippen LogP contribution in [0.5, 0.6) is 0 Å². The van der Waals surface area contributed by atoms with Gasteiger partial charge in [-0.05, 0) is 25.2 Å². The minimum Gasteiger partial charge on any atom is -0.481 e. The fourth-order valence-electron chi connectivity index (χ4n) is 2.63. The summed E-state index contributed by atoms with van der Waals surface area (Å²) in [6.45, 7) is 5.48. The maximum atomic E-state index is 11.9. The maximum Gasteiger partial charge on any atom is 0.309 e. The highest BCUT2D eigenvalue weighted by Crippen LogP contribution is 2.56. The van der Waals surface area contributed by atoms with Gasteiger partial charge in [-0.3, -0.25) is 9.59 Å². The molecule has 0 aromatic rings. The highest BCUT2D eigenvalue weighted by Gasteiger charge is 2.58. The number of aliphatic hydroxyl groups is 1. The molecule has 0 aromatic carbocycles. The number of aliphatic hydroxyl groups excluding tert-OH is 1. The molecule has 1 rings (SSSR count). The molecule has 104 valence electrons. The van der Waals surface area contributed by atoms with Crippen LogP contribution in [0.2, 0.25) is 0 Å². The Morgan fingerprint density at radius 3 is 2.39 bits per heavy atom. The maximum absolute atomic E-state index is 11.9. The molecule has 0 heterocycles. The van der Waals surface area contributed by atoms with E-state index in [-0.39, 0.29) is 19.2 Å². The van der Waals surface area contributed by atoms with E-state index >= 15 is 0 Å². The van der Waals surface area contributed by atoms with Crippen LogP contribution in [0.4, 0.5) is 0 Å². The third kappa shape index (κ3) is 2.36. The van der Waals surface area contributed by atoms with Crippen molar-refractivity contribution in [3.8, 4) is 0 Å². The van der Waals surface area contributed by atoms with Crippen LogP contribution in [0.3, 0.4) is 0 Å². The quantitative estimate of drug-likeness (QED) is 0.576. The minimum absolute atomic E-state index is 0.0197. The normalized spacial score (nSPS) is 30.1. The van der Waals surface area contributed by atoms with E-state index < -0.39 is 22.7 Å². The Hall–Kier alpha value is -1.10. The van der Waals surface area contributed by atoms with Gasteiger partial charge in [0.2, 0.25) is 0 Å². The van der Waals surface area contributed by atoms with Gasteiger partial charge < -0.3 is 14.9 Å². The number of carboxylic acids is 1. The molecule has 0 spiro atoms. The average molecular weight is 258 g/mol. The third-order valence-electron chi connectivity index (χ3n) is 4.53. The zero-order valence-corrected chi connectivity index (χ0v) is 11.2. The Labute approximate surface area is 107 Å². The molecule has 5 heteroatoms. The van der Waals surface area contributed by atoms with Gasteiger partial charge >= 0.3 is 11.9 Å². The van der Waals surface area contributed by atoms with E-state index in [0.717, 1.165) is 0 Å². The second-order valence-corrected chi connectivity index (χ2v) is 5.69. The molecule has 1 fully saturated rings. The van der Waals surface area contributed by atoms with E-state index in [9.17, 15) is 14.7 Å². The molecule has 0 unspecified atom stereocenters. The van der Waals surface area contributed by atoms with Gasteiger partial charge in [-0.25, -0.2) is 0 Å². The molecule has 1 aliphatic rings. The third-order valence-corrected chi connectivity index (χ3v) is 4.53. The molecule has 2 atom stereocenters. The van der Waals surface area contributed by atoms with Crippen molar-refractivity contribution >= 4 is 11.9 Å². The van der Waals surface area contributed by atoms with Crippen molar-refractivity contribution in [1.82, 2.24) is 0 Å². The smallest absolute Gasteiger partial charge is 0.309 e. The molecular weight excluding hydrogens is 236 g/mol. The summed E-state index contributed by atoms with van der Waals surface area (Å²) < 4.78 is 5.08. The monoisotopic (exact) mass is 258 g/mol. The fraction of sp³-hybridized carbons (Fsp3) is 0.846. The average Bonchev–Trinajstić information content (AvgIpc) is 2.52. The lowest BCUT2D eigenvalue weighted by molar-refractivity contribution is -0.160. The van der Waals surface area contributed by atoms with Gasteiger partial charge in [-0.15, -0.1) is 0 Å². The molecule has 5 nitrogen and oxygen atoms in total. The van der Waals surface area contributed by atoms with Crippen LogP contribution in [-0.4, -0.2) is 35.4 Å². The van der Waals surface area contributed by atoms with Gasteiger partial charge in [0.15, 0.2) is 0 Å². The molecule has 0 saturated heterocycles. The lowest BCUT2D eigenvalue weighted by atomic mass is 9.66. The number of hydrogen-bond donors (Lipinski definition) is 2. The number of carbonyl (C=O) groups is 2. The van der Waals surface area contributed by atoms with Gasteiger partial charge in [0, 0.05) is 13.0 Å². The van der Waals surface area contributed by atoms with Crippen LogP contribution in [0.15, 0.2) is 0 Å². The summed E-state index contributed by atoms with van der Waals surface area (Å²) >= 11 is 0. The van der Waals surface area contributed by atoms with Crippen LogP contribution >= 0.6 is 0 Å². The van der Waals surface area contributed by atoms with E-state index in [4.69, 9.17) is 9.84 Å². The summed E-state index contributed by atoms with van der Waals surface area (Å²) in [6, 6.07) is 0. The van der Waals surface area contributed by atoms with Crippen molar-refractivity contribution in [1.29, 1.82) is 0 Å². The fourth-order valence-corrected chi connectivity index (χ4v) is 2.63. The van der Waals surface area contributed by atoms with Crippen molar-refractivity contribution in [3.63, 3.8) is 0 Å². The largest absolute Gasteiger partial charge is 0.481 e. The molecule has 1 aliphatic carbocycles. The van der Waals surface area contributed by atoms with Gasteiger partial charge in [0.1, 0.15) is 0 Å². The Morgan fingerprint density at radius 1 is 1.33 bits per heavy atom. The summed E-state index contributed by atoms with van der Waals surface area (Å²) in [5.41, 5.74) is -1.53. The first-order valence-electron chi connectivity index (χ1n) is 6.28. The Morgan fingerprint density at radius 2 is 1.94 bits per heavy atom. The molecule has 0 amide bonds. The predicted octanol–water partition coefficient (Wildman–Crippen LogP) is 1.44. The van der Waals surface area contributed by atoms with Crippen molar-refractivity contribution in [2.75, 3.05) is 13.2 Å². The number of aliphatic carboxylic acids is 1. The van der Waals surface area contributed by atoms with E-state index in [1.807, 2.05) is 13.8 Å². The van der Waals surface area contributed by atoms with Crippen LogP contribution in [-0.2, 0) is 14.3 Å². The van der Waals surface area contributed by atoms with Crippen molar-refractivity contribution in [3.05, 3.63) is 0 Å². The summed E-state index contributed by atoms with van der Waals surface area (Å²) in [5, 5.41) is 18.0. The number of hydrogen-bond acceptors (Lipinski definition) is 4. The van der Waals surface area contributed by atoms with Crippen LogP contribution < -0.4 is 0 Å². The summed E-state index contributed by atoms with van der Waals surface area (Å²) in [6.07, 6.45) is 1.43. The predicted molar refractivity (Wildman–Crippen MR) is 64.9 cm³/mol. The van der Waals surface area contributed by atoms with E-state index in [2.05, 4.69) is 0 Å². The number of carboxylic acid groups (broad SMARTS) is 1. The van der Waals surface area contributed by atoms with Crippen molar-refractivity contribution < 1.29 is 24.5 Å². The molecular formula is C13H22O5. The number of rotatable bonds is 5. The van der Waals surface area contributed by atoms with E-state index in [1.54, 1.807) is 6.92 Å². The SMILES string of the molecule is CC1(C)[C@@H](C(=O)OCCCO)CC[C@@]1(C)C(=O)O. The standard InChI is InChI=1S/C13H22O5/c1-12(2)9(10(15)18-8-4-7-14)5-6-13(12,3)11(16)17/h9,14H,4-8H2,1-3H3,(H,16,17)/t9-,13+/m1/s1. The highest BCUT2D eigenvalue weighted by molar-refractivity contribution is 5.80. The Kier molecular flexibility index (Phi) is 4.37. The molecule has 2 N–H and O–H groups in total. The molecule has 1 saturated carbocycles. The molecule has 0 bridgehead atoms. The zero-order chi connectivity index (χ0) is 14.0. The summed E-state index contributed by atoms with van der Waals surface area (Å²) in [7, 11) is 0. The van der Waals surface area contributed by atoms with Gasteiger partial charge in [-0.1, -0.05) is 13.8 Å². The minimum atomic E-state index is -0.895. The lowest BCUT2D eigenvalue weighted by Gasteiger charge is -2.37. The number of esters is 1. The Bertz CT molecular complexity index is 336. The van der Waals surface area contributed by atoms with Crippen LogP contribution in [0, 0.1) is 16.7 Å². The number of carbonyl (C=O) groups excluding carboxylic acids is 1. The molecule has 0 aliphatic heterocycles. The van der Waals surface area contributed by atoms with Crippen LogP contribution in [0.1, 0.15) is 40.0 Å². The second kappa shape index (κ2) is 5.26. The zero-order valence-electron chi connectivity index (χ0n) is 11.2. The lowest BCUT2D eigenvalue weighted by Crippen LogP contribution is -2.43. The first-order chi connectivity index (χ1) is 8.27. The first-order valence-corrected chi connectivity index (χ1v) is 6.28. The second-order valence-electron chi connectivity index (χ2n) is 5.69. The summed E-state index contributed by atoms with van der Waals surface area (Å²) in [5.74, 6) is -1.60. The van der Waals surface area contributed by atoms with Gasteiger partial charge in [0.25, 0.3) is 0 Å². The molecule has 18 heavy (non-hydrogen) atoms. The topological polar surface area (TPSA) is 83.8 Å². The van der Waals surface area contributed by atoms with Gasteiger partial charge in [-0.2, -0.15) is 0 Å². The van der Waals surface area contributed by atoms with Crippen molar-refractivity contribution in [2.45, 2.75) is 40.0 Å². The first kappa shape index (κ1) is 15.0. The van der Waals surface area contributed by atoms with Crippen LogP contribution in [0.25, 0.3) is 0 Å². The van der Waals surface area contributed by atoms with E-state index in [0.29, 0.717) is 19.3 Å².